The number of hydrogen-bond donors (Lipinski definition) is 4. The predicted molar refractivity (Wildman–Crippen MR) is 157 cm³/mol. The normalized spacial score (nSPS) is 14.4. The van der Waals surface area contributed by atoms with E-state index in [9.17, 15) is 34.1 Å². The Hall–Kier alpha value is -1.78. The molecule has 0 heterocycles. The SMILES string of the molecule is CCC/C=C\CCCCCCCC(=O)NC(COP(=O)(O)OCC(O)COC(=O)CCCCCCCCC)C(=O)O. The fraction of sp³-hybridized carbons (Fsp3) is 0.828. The lowest BCUT2D eigenvalue weighted by molar-refractivity contribution is -0.147. The molecular weight excluding hydrogens is 553 g/mol. The number of carboxylic acids is 1. The number of unbranched alkanes of at least 4 members (excludes halogenated alkanes) is 12. The molecule has 0 aliphatic heterocycles. The van der Waals surface area contributed by atoms with Crippen molar-refractivity contribution in [2.24, 2.45) is 0 Å². The Morgan fingerprint density at radius 3 is 1.95 bits per heavy atom. The second-order valence-corrected chi connectivity index (χ2v) is 11.7. The van der Waals surface area contributed by atoms with Gasteiger partial charge >= 0.3 is 19.8 Å². The Balaban J connectivity index is 4.11. The van der Waals surface area contributed by atoms with Crippen molar-refractivity contribution < 1.29 is 47.8 Å². The quantitative estimate of drug-likeness (QED) is 0.0368. The maximum Gasteiger partial charge on any atom is 0.472 e. The molecule has 11 nitrogen and oxygen atoms in total. The Kier molecular flexibility index (Phi) is 24.8. The number of allylic oxidation sites excluding steroid dienone is 2. The van der Waals surface area contributed by atoms with Crippen LogP contribution >= 0.6 is 7.82 Å². The summed E-state index contributed by atoms with van der Waals surface area (Å²) in [5, 5.41) is 21.5. The van der Waals surface area contributed by atoms with Crippen molar-refractivity contribution in [3.8, 4) is 0 Å². The molecule has 0 aromatic carbocycles. The first-order chi connectivity index (χ1) is 19.6. The van der Waals surface area contributed by atoms with Crippen molar-refractivity contribution in [2.75, 3.05) is 19.8 Å². The van der Waals surface area contributed by atoms with Gasteiger partial charge in [-0.25, -0.2) is 9.36 Å². The van der Waals surface area contributed by atoms with Crippen molar-refractivity contribution in [3.63, 3.8) is 0 Å². The van der Waals surface area contributed by atoms with E-state index in [1.807, 2.05) is 0 Å². The van der Waals surface area contributed by atoms with Gasteiger partial charge in [0, 0.05) is 12.8 Å². The van der Waals surface area contributed by atoms with Crippen molar-refractivity contribution in [1.29, 1.82) is 0 Å². The Bertz CT molecular complexity index is 777. The summed E-state index contributed by atoms with van der Waals surface area (Å²) in [6.07, 6.45) is 18.6. The van der Waals surface area contributed by atoms with Gasteiger partial charge in [-0.3, -0.25) is 18.6 Å². The molecule has 12 heteroatoms. The van der Waals surface area contributed by atoms with Crippen LogP contribution in [0.2, 0.25) is 0 Å². The van der Waals surface area contributed by atoms with Crippen LogP contribution in [0.4, 0.5) is 0 Å². The number of aliphatic carboxylic acids is 1. The average Bonchev–Trinajstić information content (AvgIpc) is 2.93. The van der Waals surface area contributed by atoms with Gasteiger partial charge in [0.05, 0.1) is 13.2 Å². The van der Waals surface area contributed by atoms with Crippen molar-refractivity contribution >= 4 is 25.7 Å². The van der Waals surface area contributed by atoms with Crippen LogP contribution in [0.3, 0.4) is 0 Å². The van der Waals surface area contributed by atoms with Crippen LogP contribution in [0.25, 0.3) is 0 Å². The summed E-state index contributed by atoms with van der Waals surface area (Å²) in [6, 6.07) is -1.54. The van der Waals surface area contributed by atoms with E-state index in [0.29, 0.717) is 12.8 Å². The molecule has 1 amide bonds. The van der Waals surface area contributed by atoms with E-state index < -0.39 is 57.6 Å². The van der Waals surface area contributed by atoms with Crippen molar-refractivity contribution in [2.45, 2.75) is 135 Å². The number of carbonyl (C=O) groups excluding carboxylic acids is 2. The smallest absolute Gasteiger partial charge is 0.472 e. The lowest BCUT2D eigenvalue weighted by Gasteiger charge is -2.18. The molecule has 240 valence electrons. The highest BCUT2D eigenvalue weighted by atomic mass is 31.2. The Morgan fingerprint density at radius 1 is 0.756 bits per heavy atom. The first kappa shape index (κ1) is 39.2. The fourth-order valence-corrected chi connectivity index (χ4v) is 4.62. The van der Waals surface area contributed by atoms with Crippen LogP contribution in [0.1, 0.15) is 123 Å². The van der Waals surface area contributed by atoms with Gasteiger partial charge in [0.1, 0.15) is 12.7 Å². The third-order valence-electron chi connectivity index (χ3n) is 6.29. The Labute approximate surface area is 246 Å². The van der Waals surface area contributed by atoms with Crippen LogP contribution in [0.15, 0.2) is 12.2 Å². The number of rotatable bonds is 28. The molecule has 3 unspecified atom stereocenters. The van der Waals surface area contributed by atoms with Crippen LogP contribution in [-0.4, -0.2) is 64.9 Å². The molecule has 3 atom stereocenters. The number of ether oxygens (including phenoxy) is 1. The zero-order valence-corrected chi connectivity index (χ0v) is 26.0. The first-order valence-corrected chi connectivity index (χ1v) is 16.7. The van der Waals surface area contributed by atoms with Crippen molar-refractivity contribution in [3.05, 3.63) is 12.2 Å². The molecule has 0 spiro atoms. The number of esters is 1. The number of aliphatic hydroxyl groups is 1. The molecule has 4 N–H and O–H groups in total. The maximum absolute atomic E-state index is 12.1. The van der Waals surface area contributed by atoms with Crippen LogP contribution in [-0.2, 0) is 32.7 Å². The van der Waals surface area contributed by atoms with E-state index in [1.54, 1.807) is 0 Å². The minimum atomic E-state index is -4.73. The minimum Gasteiger partial charge on any atom is -0.480 e. The zero-order valence-electron chi connectivity index (χ0n) is 25.1. The van der Waals surface area contributed by atoms with Gasteiger partial charge in [-0.05, 0) is 32.1 Å². The number of phosphoric ester groups is 1. The van der Waals surface area contributed by atoms with E-state index in [2.05, 4.69) is 35.8 Å². The van der Waals surface area contributed by atoms with Gasteiger partial charge in [0.15, 0.2) is 6.04 Å². The molecule has 0 aliphatic carbocycles. The largest absolute Gasteiger partial charge is 0.480 e. The summed E-state index contributed by atoms with van der Waals surface area (Å²) >= 11 is 0. The standard InChI is InChI=1S/C29H54NO10P/c1-3-5-7-9-11-12-13-15-16-18-20-27(32)30-26(29(34)35)24-40-41(36,37)39-23-25(31)22-38-28(33)21-19-17-14-10-8-6-4-2/h7,9,25-26,31H,3-6,8,10-24H2,1-2H3,(H,30,32)(H,34,35)(H,36,37)/b9-7-. The molecular formula is C29H54NO10P. The van der Waals surface area contributed by atoms with E-state index in [1.165, 1.54) is 19.3 Å². The predicted octanol–water partition coefficient (Wildman–Crippen LogP) is 5.82. The van der Waals surface area contributed by atoms with Gasteiger partial charge < -0.3 is 25.2 Å². The summed E-state index contributed by atoms with van der Waals surface area (Å²) in [4.78, 5) is 45.2. The number of hydrogen-bond acceptors (Lipinski definition) is 8. The number of carboxylic acid groups (broad SMARTS) is 1. The van der Waals surface area contributed by atoms with Gasteiger partial charge in [-0.15, -0.1) is 0 Å². The van der Waals surface area contributed by atoms with Gasteiger partial charge in [-0.1, -0.05) is 90.2 Å². The monoisotopic (exact) mass is 607 g/mol. The van der Waals surface area contributed by atoms with Gasteiger partial charge in [-0.2, -0.15) is 0 Å². The number of nitrogens with one attached hydrogen (secondary N) is 1. The van der Waals surface area contributed by atoms with Gasteiger partial charge in [0.25, 0.3) is 0 Å². The summed E-state index contributed by atoms with van der Waals surface area (Å²) in [7, 11) is -4.73. The number of amides is 1. The molecule has 0 aliphatic rings. The topological polar surface area (TPSA) is 169 Å². The Morgan fingerprint density at radius 2 is 1.32 bits per heavy atom. The second-order valence-electron chi connectivity index (χ2n) is 10.3. The highest BCUT2D eigenvalue weighted by Gasteiger charge is 2.28. The van der Waals surface area contributed by atoms with Gasteiger partial charge in [0.2, 0.25) is 5.91 Å². The minimum absolute atomic E-state index is 0.136. The molecule has 0 bridgehead atoms. The highest BCUT2D eigenvalue weighted by Crippen LogP contribution is 2.43. The number of phosphoric acid groups is 1. The van der Waals surface area contributed by atoms with E-state index >= 15 is 0 Å². The summed E-state index contributed by atoms with van der Waals surface area (Å²) in [5.74, 6) is -2.40. The summed E-state index contributed by atoms with van der Waals surface area (Å²) in [5.41, 5.74) is 0. The molecule has 0 aromatic heterocycles. The third-order valence-corrected chi connectivity index (χ3v) is 7.24. The highest BCUT2D eigenvalue weighted by molar-refractivity contribution is 7.47. The second kappa shape index (κ2) is 25.9. The number of carbonyl (C=O) groups is 3. The zero-order chi connectivity index (χ0) is 30.8. The van der Waals surface area contributed by atoms with Crippen LogP contribution in [0.5, 0.6) is 0 Å². The number of aliphatic hydroxyl groups excluding tert-OH is 1. The summed E-state index contributed by atoms with van der Waals surface area (Å²) < 4.78 is 26.4. The molecule has 0 fully saturated rings. The molecule has 0 saturated heterocycles. The summed E-state index contributed by atoms with van der Waals surface area (Å²) in [6.45, 7) is 2.40. The van der Waals surface area contributed by atoms with Crippen molar-refractivity contribution in [1.82, 2.24) is 5.32 Å². The lowest BCUT2D eigenvalue weighted by atomic mass is 10.1. The first-order valence-electron chi connectivity index (χ1n) is 15.2. The average molecular weight is 608 g/mol. The molecule has 0 rings (SSSR count). The third kappa shape index (κ3) is 25.6. The molecule has 0 aromatic rings. The van der Waals surface area contributed by atoms with Crippen LogP contribution < -0.4 is 5.32 Å². The molecule has 41 heavy (non-hydrogen) atoms. The van der Waals surface area contributed by atoms with E-state index in [0.717, 1.165) is 64.2 Å². The van der Waals surface area contributed by atoms with E-state index in [4.69, 9.17) is 9.26 Å². The van der Waals surface area contributed by atoms with Crippen LogP contribution in [0, 0.1) is 0 Å². The lowest BCUT2D eigenvalue weighted by Crippen LogP contribution is -2.43. The fourth-order valence-electron chi connectivity index (χ4n) is 3.84. The molecule has 0 radical (unpaired) electrons. The molecule has 0 saturated carbocycles. The maximum atomic E-state index is 12.1. The van der Waals surface area contributed by atoms with E-state index in [-0.39, 0.29) is 12.8 Å².